The molecule has 0 spiro atoms. The van der Waals surface area contributed by atoms with Crippen LogP contribution in [0.2, 0.25) is 0 Å². The predicted molar refractivity (Wildman–Crippen MR) is 122 cm³/mol. The monoisotopic (exact) mass is 495 g/mol. The Morgan fingerprint density at radius 2 is 2.11 bits per heavy atom. The molecule has 1 heterocycles. The third-order valence-electron chi connectivity index (χ3n) is 3.64. The first-order valence-electron chi connectivity index (χ1n) is 8.86. The summed E-state index contributed by atoms with van der Waals surface area (Å²) in [5.41, 5.74) is 2.26. The number of hydrogen-bond acceptors (Lipinski definition) is 4. The highest BCUT2D eigenvalue weighted by molar-refractivity contribution is 14.0. The Balaban J connectivity index is 0.00000392. The molecule has 8 heteroatoms. The second kappa shape index (κ2) is 12.0. The zero-order valence-electron chi connectivity index (χ0n) is 16.3. The minimum atomic E-state index is -0.233. The number of amides is 1. The molecule has 0 saturated heterocycles. The number of guanidine groups is 1. The smallest absolute Gasteiger partial charge is 0.246 e. The molecular weight excluding hydrogens is 469 g/mol. The number of terminal acetylenes is 1. The molecule has 1 aromatic carbocycles. The number of nitrogens with zero attached hydrogens (tertiary/aromatic N) is 2. The lowest BCUT2D eigenvalue weighted by atomic mass is 10.1. The molecule has 7 nitrogen and oxygen atoms in total. The van der Waals surface area contributed by atoms with Crippen molar-refractivity contribution in [3.8, 4) is 12.3 Å². The SMILES string of the molecule is C#Cc1cccc(NC(=O)CN=C(NCC)NCc2cc(C(C)C)no2)c1.I. The summed E-state index contributed by atoms with van der Waals surface area (Å²) in [6.07, 6.45) is 5.37. The van der Waals surface area contributed by atoms with Gasteiger partial charge in [-0.1, -0.05) is 31.0 Å². The Morgan fingerprint density at radius 1 is 1.32 bits per heavy atom. The van der Waals surface area contributed by atoms with Crippen molar-refractivity contribution in [3.63, 3.8) is 0 Å². The van der Waals surface area contributed by atoms with Crippen molar-refractivity contribution >= 4 is 41.5 Å². The first kappa shape index (κ1) is 23.5. The molecule has 0 aliphatic carbocycles. The van der Waals surface area contributed by atoms with Crippen LogP contribution < -0.4 is 16.0 Å². The standard InChI is InChI=1S/C20H25N5O2.HI/c1-5-15-8-7-9-16(10-15)24-19(26)13-23-20(21-6-2)22-12-17-11-18(14(3)4)25-27-17;/h1,7-11,14H,6,12-13H2,2-4H3,(H,24,26)(H2,21,22,23);1H. The van der Waals surface area contributed by atoms with Crippen LogP contribution >= 0.6 is 24.0 Å². The number of hydrogen-bond donors (Lipinski definition) is 3. The molecule has 0 aliphatic heterocycles. The molecule has 150 valence electrons. The number of benzene rings is 1. The van der Waals surface area contributed by atoms with E-state index in [0.717, 1.165) is 5.69 Å². The topological polar surface area (TPSA) is 91.5 Å². The average Bonchev–Trinajstić information content (AvgIpc) is 3.13. The molecule has 28 heavy (non-hydrogen) atoms. The van der Waals surface area contributed by atoms with E-state index < -0.39 is 0 Å². The second-order valence-corrected chi connectivity index (χ2v) is 6.19. The van der Waals surface area contributed by atoms with E-state index in [1.54, 1.807) is 24.3 Å². The van der Waals surface area contributed by atoms with Gasteiger partial charge in [-0.3, -0.25) is 4.79 Å². The molecule has 0 aliphatic rings. The summed E-state index contributed by atoms with van der Waals surface area (Å²) in [5, 5.41) is 13.0. The maximum absolute atomic E-state index is 12.1. The van der Waals surface area contributed by atoms with Crippen molar-refractivity contribution in [3.05, 3.63) is 47.3 Å². The van der Waals surface area contributed by atoms with Gasteiger partial charge in [0.15, 0.2) is 11.7 Å². The average molecular weight is 495 g/mol. The molecule has 1 aromatic heterocycles. The normalized spacial score (nSPS) is 10.8. The van der Waals surface area contributed by atoms with Crippen LogP contribution in [0.4, 0.5) is 5.69 Å². The minimum absolute atomic E-state index is 0. The van der Waals surface area contributed by atoms with Crippen LogP contribution in [0.1, 0.15) is 43.7 Å². The fraction of sp³-hybridized carbons (Fsp3) is 0.350. The molecule has 0 unspecified atom stereocenters. The van der Waals surface area contributed by atoms with Crippen LogP contribution in [-0.2, 0) is 11.3 Å². The van der Waals surface area contributed by atoms with Crippen LogP contribution in [0.25, 0.3) is 0 Å². The molecule has 0 bridgehead atoms. The van der Waals surface area contributed by atoms with E-state index in [9.17, 15) is 4.79 Å². The van der Waals surface area contributed by atoms with Gasteiger partial charge in [-0.15, -0.1) is 30.4 Å². The van der Waals surface area contributed by atoms with E-state index in [1.807, 2.05) is 13.0 Å². The Hall–Kier alpha value is -2.54. The summed E-state index contributed by atoms with van der Waals surface area (Å²) in [5.74, 6) is 3.84. The van der Waals surface area contributed by atoms with Gasteiger partial charge >= 0.3 is 0 Å². The van der Waals surface area contributed by atoms with Gasteiger partial charge in [0, 0.05) is 23.9 Å². The minimum Gasteiger partial charge on any atom is -0.359 e. The number of rotatable bonds is 7. The van der Waals surface area contributed by atoms with E-state index in [1.165, 1.54) is 0 Å². The zero-order chi connectivity index (χ0) is 19.6. The van der Waals surface area contributed by atoms with Crippen LogP contribution in [0, 0.1) is 12.3 Å². The molecule has 0 saturated carbocycles. The number of carbonyl (C=O) groups is 1. The van der Waals surface area contributed by atoms with E-state index in [-0.39, 0.29) is 36.4 Å². The van der Waals surface area contributed by atoms with Gasteiger partial charge in [-0.2, -0.15) is 0 Å². The van der Waals surface area contributed by atoms with Crippen molar-refractivity contribution in [2.45, 2.75) is 33.2 Å². The number of nitrogens with one attached hydrogen (secondary N) is 3. The molecule has 1 amide bonds. The highest BCUT2D eigenvalue weighted by Crippen LogP contribution is 2.13. The lowest BCUT2D eigenvalue weighted by Gasteiger charge is -2.10. The lowest BCUT2D eigenvalue weighted by molar-refractivity contribution is -0.114. The summed E-state index contributed by atoms with van der Waals surface area (Å²) >= 11 is 0. The quantitative estimate of drug-likeness (QED) is 0.238. The Kier molecular flexibility index (Phi) is 10.1. The number of aromatic nitrogens is 1. The van der Waals surface area contributed by atoms with E-state index >= 15 is 0 Å². The Labute approximate surface area is 182 Å². The van der Waals surface area contributed by atoms with Gasteiger partial charge in [-0.05, 0) is 31.0 Å². The van der Waals surface area contributed by atoms with Gasteiger partial charge in [0.05, 0.1) is 12.2 Å². The van der Waals surface area contributed by atoms with Gasteiger partial charge in [0.2, 0.25) is 5.91 Å². The zero-order valence-corrected chi connectivity index (χ0v) is 18.6. The van der Waals surface area contributed by atoms with Crippen LogP contribution in [0.5, 0.6) is 0 Å². The fourth-order valence-corrected chi connectivity index (χ4v) is 2.24. The van der Waals surface area contributed by atoms with E-state index in [2.05, 4.69) is 45.9 Å². The largest absolute Gasteiger partial charge is 0.359 e. The maximum Gasteiger partial charge on any atom is 0.246 e. The Bertz CT molecular complexity index is 839. The number of carbonyl (C=O) groups excluding carboxylic acids is 1. The van der Waals surface area contributed by atoms with Crippen LogP contribution in [-0.4, -0.2) is 30.1 Å². The summed E-state index contributed by atoms with van der Waals surface area (Å²) < 4.78 is 5.29. The predicted octanol–water partition coefficient (Wildman–Crippen LogP) is 3.09. The van der Waals surface area contributed by atoms with Gasteiger partial charge in [0.1, 0.15) is 6.54 Å². The maximum atomic E-state index is 12.1. The summed E-state index contributed by atoms with van der Waals surface area (Å²) in [4.78, 5) is 16.4. The van der Waals surface area contributed by atoms with Crippen molar-refractivity contribution < 1.29 is 9.32 Å². The van der Waals surface area contributed by atoms with Gasteiger partial charge in [0.25, 0.3) is 0 Å². The highest BCUT2D eigenvalue weighted by atomic mass is 127. The van der Waals surface area contributed by atoms with E-state index in [0.29, 0.717) is 42.0 Å². The van der Waals surface area contributed by atoms with Crippen molar-refractivity contribution in [2.75, 3.05) is 18.4 Å². The first-order chi connectivity index (χ1) is 13.0. The summed E-state index contributed by atoms with van der Waals surface area (Å²) in [6.45, 7) is 7.14. The molecule has 2 rings (SSSR count). The van der Waals surface area contributed by atoms with Crippen LogP contribution in [0.3, 0.4) is 0 Å². The van der Waals surface area contributed by atoms with Gasteiger partial charge < -0.3 is 20.5 Å². The number of halogens is 1. The third-order valence-corrected chi connectivity index (χ3v) is 3.64. The van der Waals surface area contributed by atoms with Crippen molar-refractivity contribution in [1.82, 2.24) is 15.8 Å². The lowest BCUT2D eigenvalue weighted by Crippen LogP contribution is -2.37. The van der Waals surface area contributed by atoms with Crippen molar-refractivity contribution in [2.24, 2.45) is 4.99 Å². The molecule has 3 N–H and O–H groups in total. The fourth-order valence-electron chi connectivity index (χ4n) is 2.24. The van der Waals surface area contributed by atoms with E-state index in [4.69, 9.17) is 10.9 Å². The van der Waals surface area contributed by atoms with Crippen LogP contribution in [0.15, 0.2) is 39.8 Å². The van der Waals surface area contributed by atoms with Gasteiger partial charge in [-0.25, -0.2) is 4.99 Å². The summed E-state index contributed by atoms with van der Waals surface area (Å²) in [7, 11) is 0. The molecule has 0 atom stereocenters. The molecule has 0 radical (unpaired) electrons. The molecule has 2 aromatic rings. The second-order valence-electron chi connectivity index (χ2n) is 6.19. The number of aliphatic imine (C=N–C) groups is 1. The molecular formula is C20H26IN5O2. The highest BCUT2D eigenvalue weighted by Gasteiger charge is 2.09. The third kappa shape index (κ3) is 7.60. The first-order valence-corrected chi connectivity index (χ1v) is 8.86. The summed E-state index contributed by atoms with van der Waals surface area (Å²) in [6, 6.07) is 9.02. The molecule has 0 fully saturated rings. The Morgan fingerprint density at radius 3 is 2.75 bits per heavy atom. The number of anilines is 1. The van der Waals surface area contributed by atoms with Crippen molar-refractivity contribution in [1.29, 1.82) is 0 Å².